The predicted octanol–water partition coefficient (Wildman–Crippen LogP) is 2.33. The van der Waals surface area contributed by atoms with Gasteiger partial charge < -0.3 is 15.0 Å². The largest absolute Gasteiger partial charge is 0.444 e. The van der Waals surface area contributed by atoms with Crippen molar-refractivity contribution in [1.82, 2.24) is 20.2 Å². The Morgan fingerprint density at radius 1 is 1.21 bits per heavy atom. The molecule has 12 heteroatoms. The average Bonchev–Trinajstić information content (AvgIpc) is 3.25. The summed E-state index contributed by atoms with van der Waals surface area (Å²) in [4.78, 5) is 26.2. The number of halogens is 1. The van der Waals surface area contributed by atoms with Crippen LogP contribution in [0.2, 0.25) is 5.02 Å². The van der Waals surface area contributed by atoms with E-state index >= 15 is 0 Å². The Bertz CT molecular complexity index is 1200. The van der Waals surface area contributed by atoms with E-state index in [4.69, 9.17) is 16.3 Å². The summed E-state index contributed by atoms with van der Waals surface area (Å²) < 4.78 is 33.6. The number of aryl methyl sites for hydroxylation is 1. The van der Waals surface area contributed by atoms with Gasteiger partial charge in [0.05, 0.1) is 23.3 Å². The van der Waals surface area contributed by atoms with Gasteiger partial charge in [0, 0.05) is 25.0 Å². The molecular formula is C22H28ClN5O5S. The number of nitrogens with zero attached hydrogens (tertiary/aromatic N) is 2. The zero-order valence-electron chi connectivity index (χ0n) is 18.8. The number of rotatable bonds is 6. The number of ether oxygens (including phenoxy) is 1. The molecule has 0 radical (unpaired) electrons. The van der Waals surface area contributed by atoms with Crippen molar-refractivity contribution in [3.8, 4) is 0 Å². The van der Waals surface area contributed by atoms with Crippen LogP contribution in [0.25, 0.3) is 0 Å². The molecule has 0 unspecified atom stereocenters. The number of nitrogens with one attached hydrogen (secondary N) is 3. The highest BCUT2D eigenvalue weighted by Gasteiger charge is 2.30. The van der Waals surface area contributed by atoms with Crippen molar-refractivity contribution < 1.29 is 17.9 Å². The first-order chi connectivity index (χ1) is 16.2. The molecule has 0 bridgehead atoms. The van der Waals surface area contributed by atoms with Gasteiger partial charge in [0.1, 0.15) is 11.1 Å². The molecular weight excluding hydrogens is 482 g/mol. The number of benzene rings is 1. The fraction of sp³-hybridized carbons (Fsp3) is 0.500. The van der Waals surface area contributed by atoms with Gasteiger partial charge in [0.15, 0.2) is 0 Å². The fourth-order valence-electron chi connectivity index (χ4n) is 4.42. The SMILES string of the molecule is Cc1cccc(S(=O)(=O)N[C@H]2CC[C@H](NC(=O)O[C@@H]3CCN(c4cn[nH]c(=O)c4Cl)C3)CC2)c1. The third-order valence-electron chi connectivity index (χ3n) is 6.21. The third kappa shape index (κ3) is 5.89. The minimum absolute atomic E-state index is 0.0647. The lowest BCUT2D eigenvalue weighted by molar-refractivity contribution is 0.102. The predicted molar refractivity (Wildman–Crippen MR) is 128 cm³/mol. The maximum Gasteiger partial charge on any atom is 0.407 e. The van der Waals surface area contributed by atoms with Crippen molar-refractivity contribution in [2.24, 2.45) is 0 Å². The Morgan fingerprint density at radius 3 is 2.68 bits per heavy atom. The average molecular weight is 510 g/mol. The van der Waals surface area contributed by atoms with Crippen LogP contribution in [0.1, 0.15) is 37.7 Å². The van der Waals surface area contributed by atoms with Crippen molar-refractivity contribution in [1.29, 1.82) is 0 Å². The molecule has 1 amide bonds. The van der Waals surface area contributed by atoms with Crippen molar-refractivity contribution in [2.75, 3.05) is 18.0 Å². The van der Waals surface area contributed by atoms with Crippen LogP contribution in [-0.4, -0.2) is 56.0 Å². The number of H-pyrrole nitrogens is 1. The van der Waals surface area contributed by atoms with Crippen LogP contribution >= 0.6 is 11.6 Å². The Labute approximate surface area is 203 Å². The van der Waals surface area contributed by atoms with Crippen LogP contribution in [0.4, 0.5) is 10.5 Å². The highest BCUT2D eigenvalue weighted by atomic mass is 35.5. The number of anilines is 1. The first-order valence-electron chi connectivity index (χ1n) is 11.3. The number of alkyl carbamates (subject to hydrolysis) is 1. The van der Waals surface area contributed by atoms with Crippen LogP contribution < -0.4 is 20.5 Å². The monoisotopic (exact) mass is 509 g/mol. The van der Waals surface area contributed by atoms with E-state index in [1.165, 1.54) is 6.20 Å². The third-order valence-corrected chi connectivity index (χ3v) is 8.09. The number of carbonyl (C=O) groups excluding carboxylic acids is 1. The summed E-state index contributed by atoms with van der Waals surface area (Å²) in [6, 6.07) is 6.57. The van der Waals surface area contributed by atoms with Crippen LogP contribution in [0.5, 0.6) is 0 Å². The Morgan fingerprint density at radius 2 is 1.94 bits per heavy atom. The molecule has 2 fully saturated rings. The van der Waals surface area contributed by atoms with Crippen LogP contribution in [0.15, 0.2) is 40.2 Å². The normalized spacial score (nSPS) is 23.0. The molecule has 2 aromatic rings. The van der Waals surface area contributed by atoms with E-state index in [9.17, 15) is 18.0 Å². The summed E-state index contributed by atoms with van der Waals surface area (Å²) in [6.45, 7) is 2.87. The summed E-state index contributed by atoms with van der Waals surface area (Å²) in [5.74, 6) is 0. The molecule has 1 aliphatic heterocycles. The van der Waals surface area contributed by atoms with Crippen LogP contribution in [0, 0.1) is 6.92 Å². The number of hydrogen-bond donors (Lipinski definition) is 3. The molecule has 2 heterocycles. The highest BCUT2D eigenvalue weighted by molar-refractivity contribution is 7.89. The second kappa shape index (κ2) is 10.3. The molecule has 1 aromatic carbocycles. The summed E-state index contributed by atoms with van der Waals surface area (Å²) in [7, 11) is -3.57. The van der Waals surface area contributed by atoms with Gasteiger partial charge in [-0.05, 0) is 50.3 Å². The zero-order chi connectivity index (χ0) is 24.3. The molecule has 3 N–H and O–H groups in total. The molecule has 1 saturated heterocycles. The summed E-state index contributed by atoms with van der Waals surface area (Å²) >= 11 is 6.06. The molecule has 0 spiro atoms. The number of aromatic nitrogens is 2. The van der Waals surface area contributed by atoms with Gasteiger partial charge in [0.25, 0.3) is 5.56 Å². The first kappa shape index (κ1) is 24.5. The van der Waals surface area contributed by atoms with E-state index in [1.807, 2.05) is 17.9 Å². The van der Waals surface area contributed by atoms with Gasteiger partial charge in [0.2, 0.25) is 10.0 Å². The number of aromatic amines is 1. The molecule has 1 aromatic heterocycles. The second-order valence-electron chi connectivity index (χ2n) is 8.79. The maximum absolute atomic E-state index is 12.6. The minimum Gasteiger partial charge on any atom is -0.444 e. The van der Waals surface area contributed by atoms with Gasteiger partial charge in [-0.2, -0.15) is 5.10 Å². The summed E-state index contributed by atoms with van der Waals surface area (Å²) in [5.41, 5.74) is 0.943. The quantitative estimate of drug-likeness (QED) is 0.544. The van der Waals surface area contributed by atoms with E-state index < -0.39 is 21.7 Å². The standard InChI is InChI=1S/C22H28ClN5O5S/c1-14-3-2-4-18(11-14)34(31,32)27-16-7-5-15(6-8-16)25-22(30)33-17-9-10-28(13-17)19-12-24-26-21(29)20(19)23/h2-4,11-12,15-17,27H,5-10,13H2,1H3,(H,25,30)(H,26,29)/t15-,16-,17-/m1/s1. The molecule has 1 aliphatic carbocycles. The molecule has 4 rings (SSSR count). The van der Waals surface area contributed by atoms with Crippen molar-refractivity contribution in [3.63, 3.8) is 0 Å². The molecule has 34 heavy (non-hydrogen) atoms. The number of carbonyl (C=O) groups is 1. The van der Waals surface area contributed by atoms with E-state index in [0.29, 0.717) is 50.9 Å². The van der Waals surface area contributed by atoms with Crippen molar-refractivity contribution >= 4 is 33.4 Å². The van der Waals surface area contributed by atoms with Crippen molar-refractivity contribution in [2.45, 2.75) is 62.1 Å². The number of sulfonamides is 1. The van der Waals surface area contributed by atoms with E-state index in [0.717, 1.165) is 5.56 Å². The Balaban J connectivity index is 1.22. The van der Waals surface area contributed by atoms with Gasteiger partial charge in [-0.25, -0.2) is 23.0 Å². The lowest BCUT2D eigenvalue weighted by atomic mass is 9.92. The van der Waals surface area contributed by atoms with E-state index in [1.54, 1.807) is 18.2 Å². The van der Waals surface area contributed by atoms with Gasteiger partial charge in [-0.3, -0.25) is 4.79 Å². The van der Waals surface area contributed by atoms with Crippen molar-refractivity contribution in [3.05, 3.63) is 51.4 Å². The second-order valence-corrected chi connectivity index (χ2v) is 10.9. The number of amides is 1. The van der Waals surface area contributed by atoms with E-state index in [2.05, 4.69) is 20.2 Å². The molecule has 2 aliphatic rings. The maximum atomic E-state index is 12.6. The minimum atomic E-state index is -3.57. The van der Waals surface area contributed by atoms with Crippen LogP contribution in [-0.2, 0) is 14.8 Å². The van der Waals surface area contributed by atoms with Gasteiger partial charge in [-0.1, -0.05) is 23.7 Å². The lowest BCUT2D eigenvalue weighted by Gasteiger charge is -2.29. The number of hydrogen-bond acceptors (Lipinski definition) is 7. The Kier molecular flexibility index (Phi) is 7.44. The Hall–Kier alpha value is -2.63. The van der Waals surface area contributed by atoms with Gasteiger partial charge >= 0.3 is 6.09 Å². The molecule has 1 saturated carbocycles. The summed E-state index contributed by atoms with van der Waals surface area (Å²) in [5, 5.41) is 9.01. The molecule has 184 valence electrons. The smallest absolute Gasteiger partial charge is 0.407 e. The molecule has 10 nitrogen and oxygen atoms in total. The first-order valence-corrected chi connectivity index (χ1v) is 13.1. The topological polar surface area (TPSA) is 133 Å². The highest BCUT2D eigenvalue weighted by Crippen LogP contribution is 2.26. The summed E-state index contributed by atoms with van der Waals surface area (Å²) in [6.07, 6.45) is 3.84. The fourth-order valence-corrected chi connectivity index (χ4v) is 6.04. The lowest BCUT2D eigenvalue weighted by Crippen LogP contribution is -2.44. The zero-order valence-corrected chi connectivity index (χ0v) is 20.4. The van der Waals surface area contributed by atoms with Gasteiger partial charge in [-0.15, -0.1) is 0 Å². The molecule has 1 atom stereocenters. The van der Waals surface area contributed by atoms with Crippen LogP contribution in [0.3, 0.4) is 0 Å². The van der Waals surface area contributed by atoms with E-state index in [-0.39, 0.29) is 28.1 Å².